The molecule has 1 N–H and O–H groups in total. The van der Waals surface area contributed by atoms with Crippen LogP contribution in [0.3, 0.4) is 0 Å². The van der Waals surface area contributed by atoms with Gasteiger partial charge in [-0.2, -0.15) is 0 Å². The van der Waals surface area contributed by atoms with Crippen molar-refractivity contribution in [1.29, 1.82) is 0 Å². The fourth-order valence-corrected chi connectivity index (χ4v) is 2.62. The summed E-state index contributed by atoms with van der Waals surface area (Å²) in [5, 5.41) is 3.63. The summed E-state index contributed by atoms with van der Waals surface area (Å²) in [4.78, 5) is 0. The predicted octanol–water partition coefficient (Wildman–Crippen LogP) is 3.47. The molecule has 18 heavy (non-hydrogen) atoms. The average molecular weight is 247 g/mol. The maximum atomic E-state index is 5.59. The van der Waals surface area contributed by atoms with E-state index in [1.807, 2.05) is 0 Å². The van der Waals surface area contributed by atoms with Gasteiger partial charge in [0.2, 0.25) is 0 Å². The van der Waals surface area contributed by atoms with Gasteiger partial charge >= 0.3 is 0 Å². The van der Waals surface area contributed by atoms with Crippen LogP contribution >= 0.6 is 0 Å². The van der Waals surface area contributed by atoms with E-state index in [1.54, 1.807) is 0 Å². The van der Waals surface area contributed by atoms with Crippen LogP contribution in [-0.4, -0.2) is 19.8 Å². The Balaban J connectivity index is 1.74. The number of rotatable bonds is 7. The Bertz CT molecular complexity index is 351. The third kappa shape index (κ3) is 3.82. The molecule has 1 aromatic rings. The summed E-state index contributed by atoms with van der Waals surface area (Å²) in [6.45, 7) is 4.89. The summed E-state index contributed by atoms with van der Waals surface area (Å²) >= 11 is 0. The first-order valence-electron chi connectivity index (χ1n) is 7.30. The van der Waals surface area contributed by atoms with Crippen molar-refractivity contribution in [2.45, 2.75) is 45.1 Å². The second kappa shape index (κ2) is 7.55. The lowest BCUT2D eigenvalue weighted by Gasteiger charge is -2.26. The minimum Gasteiger partial charge on any atom is -0.380 e. The molecule has 2 heteroatoms. The summed E-state index contributed by atoms with van der Waals surface area (Å²) in [6, 6.07) is 9.36. The van der Waals surface area contributed by atoms with E-state index in [2.05, 4.69) is 36.5 Å². The Kier molecular flexibility index (Phi) is 5.69. The van der Waals surface area contributed by atoms with Crippen LogP contribution in [0.5, 0.6) is 0 Å². The smallest absolute Gasteiger partial charge is 0.0591 e. The molecular formula is C16H25NO. The van der Waals surface area contributed by atoms with Crippen molar-refractivity contribution >= 4 is 0 Å². The van der Waals surface area contributed by atoms with Gasteiger partial charge in [-0.05, 0) is 36.8 Å². The van der Waals surface area contributed by atoms with Crippen LogP contribution in [-0.2, 0) is 11.2 Å². The monoisotopic (exact) mass is 247 g/mol. The Morgan fingerprint density at radius 2 is 2.17 bits per heavy atom. The van der Waals surface area contributed by atoms with Gasteiger partial charge in [-0.3, -0.25) is 0 Å². The molecule has 1 unspecified atom stereocenters. The zero-order valence-corrected chi connectivity index (χ0v) is 11.5. The fraction of sp³-hybridized carbons (Fsp3) is 0.625. The Hall–Kier alpha value is -0.860. The first-order valence-corrected chi connectivity index (χ1v) is 7.30. The second-order valence-corrected chi connectivity index (χ2v) is 5.06. The van der Waals surface area contributed by atoms with Gasteiger partial charge in [-0.25, -0.2) is 0 Å². The molecule has 0 saturated heterocycles. The third-order valence-electron chi connectivity index (χ3n) is 3.65. The molecule has 2 nitrogen and oxygen atoms in total. The van der Waals surface area contributed by atoms with E-state index in [0.717, 1.165) is 19.8 Å². The molecule has 0 bridgehead atoms. The van der Waals surface area contributed by atoms with Crippen LogP contribution in [0.25, 0.3) is 0 Å². The molecule has 0 amide bonds. The molecule has 100 valence electrons. The molecule has 1 atom stereocenters. The molecule has 0 aliphatic heterocycles. The van der Waals surface area contributed by atoms with E-state index in [-0.39, 0.29) is 0 Å². The molecular weight excluding hydrogens is 222 g/mol. The van der Waals surface area contributed by atoms with Crippen molar-refractivity contribution in [2.24, 2.45) is 0 Å². The number of ether oxygens (including phenoxy) is 1. The summed E-state index contributed by atoms with van der Waals surface area (Å²) in [6.07, 6.45) is 6.17. The van der Waals surface area contributed by atoms with E-state index in [0.29, 0.717) is 6.04 Å². The van der Waals surface area contributed by atoms with Gasteiger partial charge in [0, 0.05) is 19.2 Å². The quantitative estimate of drug-likeness (QED) is 0.745. The van der Waals surface area contributed by atoms with Crippen molar-refractivity contribution in [2.75, 3.05) is 19.8 Å². The third-order valence-corrected chi connectivity index (χ3v) is 3.65. The van der Waals surface area contributed by atoms with Gasteiger partial charge in [-0.15, -0.1) is 0 Å². The number of nitrogens with one attached hydrogen (secondary N) is 1. The number of benzene rings is 1. The van der Waals surface area contributed by atoms with Crippen LogP contribution in [0.2, 0.25) is 0 Å². The zero-order valence-electron chi connectivity index (χ0n) is 11.5. The fourth-order valence-electron chi connectivity index (χ4n) is 2.62. The number of hydrogen-bond acceptors (Lipinski definition) is 2. The van der Waals surface area contributed by atoms with Gasteiger partial charge in [0.05, 0.1) is 6.61 Å². The molecule has 1 aliphatic rings. The van der Waals surface area contributed by atoms with Crippen molar-refractivity contribution < 1.29 is 4.74 Å². The van der Waals surface area contributed by atoms with Crippen molar-refractivity contribution in [1.82, 2.24) is 5.32 Å². The van der Waals surface area contributed by atoms with Gasteiger partial charge in [0.1, 0.15) is 0 Å². The molecule has 1 aliphatic carbocycles. The second-order valence-electron chi connectivity index (χ2n) is 5.06. The maximum absolute atomic E-state index is 5.59. The molecule has 0 radical (unpaired) electrons. The molecule has 0 fully saturated rings. The van der Waals surface area contributed by atoms with E-state index >= 15 is 0 Å². The molecule has 0 spiro atoms. The topological polar surface area (TPSA) is 21.3 Å². The molecule has 1 aromatic carbocycles. The predicted molar refractivity (Wildman–Crippen MR) is 75.9 cm³/mol. The van der Waals surface area contributed by atoms with Crippen LogP contribution < -0.4 is 5.32 Å². The van der Waals surface area contributed by atoms with Crippen molar-refractivity contribution in [3.8, 4) is 0 Å². The standard InChI is InChI=1S/C16H25NO/c1-2-3-12-18-13-11-17-16-10-6-8-14-7-4-5-9-15(14)16/h4-5,7,9,16-17H,2-3,6,8,10-13H2,1H3. The summed E-state index contributed by atoms with van der Waals surface area (Å²) < 4.78 is 5.59. The van der Waals surface area contributed by atoms with E-state index in [4.69, 9.17) is 4.74 Å². The van der Waals surface area contributed by atoms with E-state index in [9.17, 15) is 0 Å². The minimum atomic E-state index is 0.532. The molecule has 0 aromatic heterocycles. The van der Waals surface area contributed by atoms with E-state index < -0.39 is 0 Å². The van der Waals surface area contributed by atoms with Crippen molar-refractivity contribution in [3.63, 3.8) is 0 Å². The summed E-state index contributed by atoms with van der Waals surface area (Å²) in [5.41, 5.74) is 3.02. The van der Waals surface area contributed by atoms with Gasteiger partial charge < -0.3 is 10.1 Å². The number of unbranched alkanes of at least 4 members (excludes halogenated alkanes) is 1. The Morgan fingerprint density at radius 3 is 3.06 bits per heavy atom. The highest BCUT2D eigenvalue weighted by atomic mass is 16.5. The Labute approximate surface area is 111 Å². The summed E-state index contributed by atoms with van der Waals surface area (Å²) in [7, 11) is 0. The number of hydrogen-bond donors (Lipinski definition) is 1. The van der Waals surface area contributed by atoms with Gasteiger partial charge in [0.15, 0.2) is 0 Å². The molecule has 0 heterocycles. The number of aryl methyl sites for hydroxylation is 1. The lowest BCUT2D eigenvalue weighted by Crippen LogP contribution is -2.28. The first kappa shape index (κ1) is 13.6. The van der Waals surface area contributed by atoms with Gasteiger partial charge in [0.25, 0.3) is 0 Å². The summed E-state index contributed by atoms with van der Waals surface area (Å²) in [5.74, 6) is 0. The highest BCUT2D eigenvalue weighted by Gasteiger charge is 2.18. The lowest BCUT2D eigenvalue weighted by atomic mass is 9.88. The minimum absolute atomic E-state index is 0.532. The van der Waals surface area contributed by atoms with E-state index in [1.165, 1.54) is 43.2 Å². The number of fused-ring (bicyclic) bond motifs is 1. The van der Waals surface area contributed by atoms with Crippen LogP contribution in [0, 0.1) is 0 Å². The average Bonchev–Trinajstić information content (AvgIpc) is 2.43. The van der Waals surface area contributed by atoms with Crippen LogP contribution in [0.15, 0.2) is 24.3 Å². The lowest BCUT2D eigenvalue weighted by molar-refractivity contribution is 0.130. The Morgan fingerprint density at radius 1 is 1.28 bits per heavy atom. The van der Waals surface area contributed by atoms with Crippen LogP contribution in [0.1, 0.15) is 49.8 Å². The van der Waals surface area contributed by atoms with Crippen molar-refractivity contribution in [3.05, 3.63) is 35.4 Å². The first-order chi connectivity index (χ1) is 8.92. The van der Waals surface area contributed by atoms with Crippen LogP contribution in [0.4, 0.5) is 0 Å². The normalized spacial score (nSPS) is 18.6. The molecule has 2 rings (SSSR count). The molecule has 0 saturated carbocycles. The van der Waals surface area contributed by atoms with Gasteiger partial charge in [-0.1, -0.05) is 37.6 Å². The highest BCUT2D eigenvalue weighted by molar-refractivity contribution is 5.32. The maximum Gasteiger partial charge on any atom is 0.0591 e. The SMILES string of the molecule is CCCCOCCNC1CCCc2ccccc21. The zero-order chi connectivity index (χ0) is 12.6. The highest BCUT2D eigenvalue weighted by Crippen LogP contribution is 2.29. The largest absolute Gasteiger partial charge is 0.380 e.